The molecule has 1 saturated heterocycles. The third-order valence-corrected chi connectivity index (χ3v) is 9.27. The number of nitrogens with one attached hydrogen (secondary N) is 1. The number of hydrogen-bond donors (Lipinski definition) is 1. The molecule has 270 valence electrons. The van der Waals surface area contributed by atoms with Crippen LogP contribution in [0.3, 0.4) is 0 Å². The van der Waals surface area contributed by atoms with Crippen LogP contribution in [0.1, 0.15) is 52.9 Å². The molecule has 49 heavy (non-hydrogen) atoms. The number of sulfonamides is 1. The number of halogens is 8. The number of anilines is 1. The zero-order chi connectivity index (χ0) is 36.6. The molecule has 1 aliphatic heterocycles. The number of carbonyl (C=O) groups is 1. The highest BCUT2D eigenvalue weighted by molar-refractivity contribution is 7.88. The van der Waals surface area contributed by atoms with Crippen LogP contribution in [0.15, 0.2) is 66.7 Å². The summed E-state index contributed by atoms with van der Waals surface area (Å²) in [7, 11) is -2.02. The third kappa shape index (κ3) is 12.7. The van der Waals surface area contributed by atoms with E-state index in [0.29, 0.717) is 41.6 Å². The fourth-order valence-corrected chi connectivity index (χ4v) is 6.30. The first-order valence-electron chi connectivity index (χ1n) is 15.2. The molecule has 0 aromatic heterocycles. The zero-order valence-corrected chi connectivity index (χ0v) is 29.4. The van der Waals surface area contributed by atoms with E-state index in [2.05, 4.69) is 14.5 Å². The number of carbonyl (C=O) groups excluding carboxylic acids is 1. The first kappa shape index (κ1) is 40.4. The van der Waals surface area contributed by atoms with Crippen molar-refractivity contribution in [2.24, 2.45) is 0 Å². The van der Waals surface area contributed by atoms with Gasteiger partial charge in [0.1, 0.15) is 0 Å². The fraction of sp³-hybridized carbons (Fsp3) is 0.424. The molecule has 4 rings (SSSR count). The summed E-state index contributed by atoms with van der Waals surface area (Å²) in [4.78, 5) is 18.2. The summed E-state index contributed by atoms with van der Waals surface area (Å²) in [6.07, 6.45) is -7.73. The zero-order valence-electron chi connectivity index (χ0n) is 27.1. The molecule has 16 heteroatoms. The average molecular weight is 756 g/mol. The van der Waals surface area contributed by atoms with Gasteiger partial charge >= 0.3 is 12.4 Å². The molecule has 0 radical (unpaired) electrons. The van der Waals surface area contributed by atoms with Crippen LogP contribution in [-0.4, -0.2) is 76.7 Å². The van der Waals surface area contributed by atoms with Crippen LogP contribution in [-0.2, 0) is 22.4 Å². The van der Waals surface area contributed by atoms with Gasteiger partial charge in [0.25, 0.3) is 5.91 Å². The number of alkyl halides is 6. The van der Waals surface area contributed by atoms with Gasteiger partial charge in [0.05, 0.1) is 27.4 Å². The van der Waals surface area contributed by atoms with Crippen molar-refractivity contribution in [2.75, 3.05) is 57.5 Å². The molecule has 0 saturated carbocycles. The monoisotopic (exact) mass is 754 g/mol. The van der Waals surface area contributed by atoms with Crippen LogP contribution in [0, 0.1) is 0 Å². The van der Waals surface area contributed by atoms with E-state index < -0.39 is 51.0 Å². The highest BCUT2D eigenvalue weighted by Crippen LogP contribution is 2.36. The first-order chi connectivity index (χ1) is 22.8. The number of rotatable bonds is 10. The summed E-state index contributed by atoms with van der Waals surface area (Å²) < 4.78 is 105. The van der Waals surface area contributed by atoms with Gasteiger partial charge in [-0.3, -0.25) is 9.69 Å². The third-order valence-electron chi connectivity index (χ3n) is 7.73. The van der Waals surface area contributed by atoms with Crippen LogP contribution in [0.2, 0.25) is 10.0 Å². The smallest absolute Gasteiger partial charge is 0.369 e. The summed E-state index contributed by atoms with van der Waals surface area (Å²) in [5.74, 6) is -0.909. The Morgan fingerprint density at radius 3 is 1.86 bits per heavy atom. The minimum absolute atomic E-state index is 0.00221. The van der Waals surface area contributed by atoms with E-state index in [0.717, 1.165) is 48.6 Å². The van der Waals surface area contributed by atoms with Gasteiger partial charge in [-0.1, -0.05) is 53.5 Å². The Bertz CT molecular complexity index is 1610. The van der Waals surface area contributed by atoms with E-state index in [1.165, 1.54) is 7.05 Å². The molecule has 0 spiro atoms. The van der Waals surface area contributed by atoms with E-state index in [9.17, 15) is 39.6 Å². The molecule has 1 heterocycles. The predicted molar refractivity (Wildman–Crippen MR) is 181 cm³/mol. The Labute approximate surface area is 292 Å². The average Bonchev–Trinajstić information content (AvgIpc) is 3.03. The van der Waals surface area contributed by atoms with Crippen LogP contribution < -0.4 is 9.62 Å². The van der Waals surface area contributed by atoms with Gasteiger partial charge in [0.2, 0.25) is 10.0 Å². The Hall–Kier alpha value is -3.04. The quantitative estimate of drug-likeness (QED) is 0.168. The summed E-state index contributed by atoms with van der Waals surface area (Å²) in [6.45, 7) is 5.62. The summed E-state index contributed by atoms with van der Waals surface area (Å²) in [6, 6.07) is 15.3. The van der Waals surface area contributed by atoms with E-state index in [1.54, 1.807) is 19.1 Å². The lowest BCUT2D eigenvalue weighted by atomic mass is 10.0. The van der Waals surface area contributed by atoms with Gasteiger partial charge in [-0.15, -0.1) is 0 Å². The number of piperazine rings is 1. The van der Waals surface area contributed by atoms with Crippen molar-refractivity contribution in [2.45, 2.75) is 38.2 Å². The molecular weight excluding hydrogens is 717 g/mol. The topological polar surface area (TPSA) is 73.0 Å². The highest BCUT2D eigenvalue weighted by atomic mass is 35.5. The van der Waals surface area contributed by atoms with Gasteiger partial charge in [-0.2, -0.15) is 26.3 Å². The van der Waals surface area contributed by atoms with E-state index >= 15 is 0 Å². The molecule has 0 bridgehead atoms. The molecule has 0 aliphatic carbocycles. The molecule has 1 unspecified atom stereocenters. The number of hydrogen-bond acceptors (Lipinski definition) is 5. The molecule has 3 aromatic carbocycles. The van der Waals surface area contributed by atoms with Crippen molar-refractivity contribution in [3.8, 4) is 0 Å². The lowest BCUT2D eigenvalue weighted by molar-refractivity contribution is -0.143. The minimum atomic E-state index is -5.02. The summed E-state index contributed by atoms with van der Waals surface area (Å²) in [5, 5.41) is 1.21. The number of nitrogens with zero attached hydrogens (tertiary/aromatic N) is 3. The van der Waals surface area contributed by atoms with Crippen LogP contribution in [0.5, 0.6) is 0 Å². The lowest BCUT2D eigenvalue weighted by Gasteiger charge is -2.37. The molecule has 1 fully saturated rings. The normalized spacial score (nSPS) is 15.0. The number of amides is 1. The standard InChI is InChI=1S/C27H34F6N4O3S.C6H4Cl2/c1-19(34-41(3,39)40)23-8-4-5-9-24(23)37-14-12-36(13-15-37)11-7-6-10-35(2)25(38)20-16-21(26(28,29)30)18-22(17-20)27(31,32)33;7-5-3-1-2-4-6(5)8/h4-5,8-9,16-19,34H,6-7,10-15H2,1-3H3;1-4H. The number of unbranched alkanes of at least 4 members (excludes halogenated alkanes) is 1. The Kier molecular flexibility index (Phi) is 14.2. The van der Waals surface area contributed by atoms with Gasteiger partial charge in [-0.05, 0) is 68.3 Å². The van der Waals surface area contributed by atoms with Crippen molar-refractivity contribution in [3.05, 3.63) is 99.0 Å². The maximum Gasteiger partial charge on any atom is 0.416 e. The van der Waals surface area contributed by atoms with Crippen LogP contribution >= 0.6 is 23.2 Å². The summed E-state index contributed by atoms with van der Waals surface area (Å²) in [5.41, 5.74) is -1.87. The van der Waals surface area contributed by atoms with Gasteiger partial charge in [0.15, 0.2) is 0 Å². The van der Waals surface area contributed by atoms with Crippen molar-refractivity contribution in [3.63, 3.8) is 0 Å². The van der Waals surface area contributed by atoms with Crippen LogP contribution in [0.4, 0.5) is 32.0 Å². The molecule has 1 amide bonds. The van der Waals surface area contributed by atoms with E-state index in [-0.39, 0.29) is 12.6 Å². The van der Waals surface area contributed by atoms with Crippen molar-refractivity contribution in [1.29, 1.82) is 0 Å². The Morgan fingerprint density at radius 2 is 1.37 bits per heavy atom. The van der Waals surface area contributed by atoms with Gasteiger partial charge in [0, 0.05) is 57.1 Å². The number of para-hydroxylation sites is 1. The van der Waals surface area contributed by atoms with Crippen molar-refractivity contribution >= 4 is 44.8 Å². The Balaban J connectivity index is 0.000000710. The van der Waals surface area contributed by atoms with Gasteiger partial charge < -0.3 is 9.80 Å². The Morgan fingerprint density at radius 1 is 0.857 bits per heavy atom. The minimum Gasteiger partial charge on any atom is -0.369 e. The summed E-state index contributed by atoms with van der Waals surface area (Å²) >= 11 is 11.2. The molecule has 1 aliphatic rings. The second-order valence-electron chi connectivity index (χ2n) is 11.6. The van der Waals surface area contributed by atoms with Crippen LogP contribution in [0.25, 0.3) is 0 Å². The first-order valence-corrected chi connectivity index (χ1v) is 17.9. The maximum atomic E-state index is 13.1. The second kappa shape index (κ2) is 17.3. The lowest BCUT2D eigenvalue weighted by Crippen LogP contribution is -2.47. The SMILES string of the molecule is CC(NS(C)(=O)=O)c1ccccc1N1CCN(CCCCN(C)C(=O)c2cc(C(F)(F)F)cc(C(F)(F)F)c2)CC1.Clc1ccccc1Cl. The van der Waals surface area contributed by atoms with Crippen molar-refractivity contribution < 1.29 is 39.6 Å². The molecule has 7 nitrogen and oxygen atoms in total. The fourth-order valence-electron chi connectivity index (χ4n) is 5.26. The molecule has 1 N–H and O–H groups in total. The molecule has 1 atom stereocenters. The van der Waals surface area contributed by atoms with E-state index in [4.69, 9.17) is 23.2 Å². The van der Waals surface area contributed by atoms with Crippen molar-refractivity contribution in [1.82, 2.24) is 14.5 Å². The highest BCUT2D eigenvalue weighted by Gasteiger charge is 2.37. The van der Waals surface area contributed by atoms with E-state index in [1.807, 2.05) is 36.4 Å². The number of benzene rings is 3. The molecule has 3 aromatic rings. The predicted octanol–water partition coefficient (Wildman–Crippen LogP) is 8.00. The second-order valence-corrected chi connectivity index (χ2v) is 14.2. The van der Waals surface area contributed by atoms with Gasteiger partial charge in [-0.25, -0.2) is 13.1 Å². The largest absolute Gasteiger partial charge is 0.416 e. The molecular formula is C33H38Cl2F6N4O3S. The maximum absolute atomic E-state index is 13.1.